The summed E-state index contributed by atoms with van der Waals surface area (Å²) in [7, 11) is 0. The summed E-state index contributed by atoms with van der Waals surface area (Å²) in [5.74, 6) is 0. The lowest BCUT2D eigenvalue weighted by Crippen LogP contribution is -2.45. The molecule has 0 radical (unpaired) electrons. The highest BCUT2D eigenvalue weighted by molar-refractivity contribution is 5.37. The van der Waals surface area contributed by atoms with Gasteiger partial charge in [-0.25, -0.2) is 0 Å². The van der Waals surface area contributed by atoms with Crippen LogP contribution in [0.25, 0.3) is 0 Å². The minimum absolute atomic E-state index is 0.0566. The molecule has 240 valence electrons. The lowest BCUT2D eigenvalue weighted by Gasteiger charge is -2.44. The summed E-state index contributed by atoms with van der Waals surface area (Å²) in [5.41, 5.74) is 8.16. The number of hydrogen-bond donors (Lipinski definition) is 3. The number of allylic oxidation sites excluding steroid dienone is 13. The molecule has 0 spiro atoms. The Morgan fingerprint density at radius 2 is 1.25 bits per heavy atom. The Labute approximate surface area is 267 Å². The molecule has 0 aromatic heterocycles. The number of fused-ring (bicyclic) bond motifs is 1. The van der Waals surface area contributed by atoms with Crippen LogP contribution in [0.15, 0.2) is 112 Å². The van der Waals surface area contributed by atoms with E-state index in [1.807, 2.05) is 37.3 Å². The number of rotatable bonds is 8. The van der Waals surface area contributed by atoms with E-state index in [1.54, 1.807) is 6.92 Å². The van der Waals surface area contributed by atoms with E-state index in [2.05, 4.69) is 104 Å². The van der Waals surface area contributed by atoms with Crippen LogP contribution >= 0.6 is 0 Å². The van der Waals surface area contributed by atoms with E-state index in [-0.39, 0.29) is 23.0 Å². The van der Waals surface area contributed by atoms with Gasteiger partial charge in [-0.3, -0.25) is 0 Å². The largest absolute Gasteiger partial charge is 0.393 e. The molecule has 5 atom stereocenters. The van der Waals surface area contributed by atoms with Crippen molar-refractivity contribution >= 4 is 0 Å². The zero-order chi connectivity index (χ0) is 32.9. The second-order valence-corrected chi connectivity index (χ2v) is 14.9. The Balaban J connectivity index is 1.56. The normalized spacial score (nSPS) is 33.2. The maximum absolute atomic E-state index is 10.9. The van der Waals surface area contributed by atoms with Gasteiger partial charge >= 0.3 is 0 Å². The molecule has 3 N–H and O–H groups in total. The average molecular weight is 601 g/mol. The van der Waals surface area contributed by atoms with Crippen LogP contribution < -0.4 is 0 Å². The zero-order valence-corrected chi connectivity index (χ0v) is 28.7. The van der Waals surface area contributed by atoms with Crippen molar-refractivity contribution in [2.24, 2.45) is 10.8 Å². The molecule has 2 aliphatic carbocycles. The van der Waals surface area contributed by atoms with Crippen molar-refractivity contribution in [1.29, 1.82) is 0 Å². The van der Waals surface area contributed by atoms with Crippen LogP contribution in [0.2, 0.25) is 0 Å². The second-order valence-electron chi connectivity index (χ2n) is 14.9. The zero-order valence-electron chi connectivity index (χ0n) is 28.7. The number of ether oxygens (including phenoxy) is 1. The third-order valence-corrected chi connectivity index (χ3v) is 9.13. The van der Waals surface area contributed by atoms with E-state index in [1.165, 1.54) is 5.57 Å². The van der Waals surface area contributed by atoms with Crippen LogP contribution in [0.3, 0.4) is 0 Å². The van der Waals surface area contributed by atoms with Crippen molar-refractivity contribution in [3.8, 4) is 0 Å². The highest BCUT2D eigenvalue weighted by Crippen LogP contribution is 2.52. The van der Waals surface area contributed by atoms with Crippen LogP contribution in [0, 0.1) is 10.8 Å². The standard InChI is InChI=1S/C40H56O4/c1-28(17-13-18-30(3)21-22-35-37(5,6)24-32(41)26-39(35,9)43)15-11-12-16-29(2)19-14-20-31(4)34-23-36-38(7,8)25-33(42)27-40(36,10)44-34/h11-21,23,32-34,41-43H,24-27H2,1-10H3/b12-11+,17-13+,19-14+,28-15+,29-16+,30-18+,31-20+/t22?,32-,33-,34+,39+,40+/m0/s1. The Hall–Kier alpha value is -2.72. The number of aliphatic hydroxyl groups is 3. The van der Waals surface area contributed by atoms with Gasteiger partial charge in [0.2, 0.25) is 0 Å². The van der Waals surface area contributed by atoms with Crippen molar-refractivity contribution in [2.75, 3.05) is 0 Å². The van der Waals surface area contributed by atoms with Gasteiger partial charge in [0.15, 0.2) is 0 Å². The van der Waals surface area contributed by atoms with Crippen molar-refractivity contribution < 1.29 is 20.1 Å². The average Bonchev–Trinajstić information content (AvgIpc) is 3.22. The van der Waals surface area contributed by atoms with Crippen LogP contribution in [0.4, 0.5) is 0 Å². The van der Waals surface area contributed by atoms with Gasteiger partial charge in [0, 0.05) is 18.4 Å². The summed E-state index contributed by atoms with van der Waals surface area (Å²) in [6, 6.07) is 0. The van der Waals surface area contributed by atoms with E-state index in [4.69, 9.17) is 4.74 Å². The molecule has 0 aromatic rings. The topological polar surface area (TPSA) is 69.9 Å². The lowest BCUT2D eigenvalue weighted by atomic mass is 9.65. The molecule has 1 heterocycles. The highest BCUT2D eigenvalue weighted by atomic mass is 16.5. The molecule has 44 heavy (non-hydrogen) atoms. The molecule has 4 heteroatoms. The fraction of sp³-hybridized carbons (Fsp3) is 0.525. The molecule has 2 saturated carbocycles. The molecule has 0 saturated heterocycles. The Morgan fingerprint density at radius 3 is 1.84 bits per heavy atom. The third-order valence-electron chi connectivity index (χ3n) is 9.13. The molecule has 0 unspecified atom stereocenters. The third kappa shape index (κ3) is 9.39. The molecule has 2 fully saturated rings. The molecular formula is C40H56O4. The summed E-state index contributed by atoms with van der Waals surface area (Å²) < 4.78 is 6.46. The van der Waals surface area contributed by atoms with Gasteiger partial charge < -0.3 is 20.1 Å². The molecular weight excluding hydrogens is 544 g/mol. The molecule has 0 amide bonds. The van der Waals surface area contributed by atoms with Crippen LogP contribution in [0.1, 0.15) is 94.9 Å². The summed E-state index contributed by atoms with van der Waals surface area (Å²) in [6.07, 6.45) is 26.4. The SMILES string of the molecule is C\C(C=C=C1C(C)(C)C[C@H](O)C[C@@]1(C)O)=C/C=C/C(C)=C/C=C/C=C(C)/C=C/C=C(\C)[C@H]1C=C2C(C)(C)C[C@H](O)C[C@@]2(C)O1. The maximum Gasteiger partial charge on any atom is 0.0982 e. The Morgan fingerprint density at radius 1 is 0.727 bits per heavy atom. The first kappa shape index (κ1) is 35.8. The van der Waals surface area contributed by atoms with Crippen LogP contribution in [-0.2, 0) is 4.74 Å². The Kier molecular flexibility index (Phi) is 11.5. The predicted octanol–water partition coefficient (Wildman–Crippen LogP) is 8.72. The first-order chi connectivity index (χ1) is 20.3. The van der Waals surface area contributed by atoms with Crippen LogP contribution in [-0.4, -0.2) is 44.8 Å². The van der Waals surface area contributed by atoms with E-state index >= 15 is 0 Å². The van der Waals surface area contributed by atoms with Crippen molar-refractivity contribution in [1.82, 2.24) is 0 Å². The van der Waals surface area contributed by atoms with Crippen molar-refractivity contribution in [2.45, 2.75) is 124 Å². The molecule has 0 aromatic carbocycles. The lowest BCUT2D eigenvalue weighted by molar-refractivity contribution is -0.0683. The quantitative estimate of drug-likeness (QED) is 0.148. The second kappa shape index (κ2) is 14.1. The molecule has 3 aliphatic rings. The molecule has 3 rings (SSSR count). The Bertz CT molecular complexity index is 1360. The summed E-state index contributed by atoms with van der Waals surface area (Å²) in [4.78, 5) is 0. The first-order valence-corrected chi connectivity index (χ1v) is 16.0. The highest BCUT2D eigenvalue weighted by Gasteiger charge is 2.50. The van der Waals surface area contributed by atoms with Gasteiger partial charge in [0.25, 0.3) is 0 Å². The van der Waals surface area contributed by atoms with E-state index < -0.39 is 17.3 Å². The minimum Gasteiger partial charge on any atom is -0.393 e. The van der Waals surface area contributed by atoms with Crippen molar-refractivity contribution in [3.63, 3.8) is 0 Å². The molecule has 4 nitrogen and oxygen atoms in total. The van der Waals surface area contributed by atoms with E-state index in [0.717, 1.165) is 34.3 Å². The predicted molar refractivity (Wildman–Crippen MR) is 184 cm³/mol. The minimum atomic E-state index is -1.05. The van der Waals surface area contributed by atoms with Gasteiger partial charge in [-0.05, 0) is 94.1 Å². The monoisotopic (exact) mass is 600 g/mol. The van der Waals surface area contributed by atoms with Gasteiger partial charge in [-0.15, -0.1) is 5.73 Å². The summed E-state index contributed by atoms with van der Waals surface area (Å²) in [5, 5.41) is 31.4. The first-order valence-electron chi connectivity index (χ1n) is 16.0. The number of aliphatic hydroxyl groups excluding tert-OH is 2. The fourth-order valence-electron chi connectivity index (χ4n) is 7.21. The van der Waals surface area contributed by atoms with Crippen molar-refractivity contribution in [3.05, 3.63) is 112 Å². The van der Waals surface area contributed by atoms with Crippen LogP contribution in [0.5, 0.6) is 0 Å². The summed E-state index contributed by atoms with van der Waals surface area (Å²) >= 11 is 0. The smallest absolute Gasteiger partial charge is 0.0982 e. The van der Waals surface area contributed by atoms with Gasteiger partial charge in [0.1, 0.15) is 0 Å². The van der Waals surface area contributed by atoms with Gasteiger partial charge in [-0.2, -0.15) is 0 Å². The van der Waals surface area contributed by atoms with E-state index in [0.29, 0.717) is 19.3 Å². The molecule has 0 bridgehead atoms. The fourth-order valence-corrected chi connectivity index (χ4v) is 7.21. The number of hydrogen-bond acceptors (Lipinski definition) is 4. The maximum atomic E-state index is 10.9. The summed E-state index contributed by atoms with van der Waals surface area (Å²) in [6.45, 7) is 20.7. The van der Waals surface area contributed by atoms with Gasteiger partial charge in [0.05, 0.1) is 29.5 Å². The molecule has 1 aliphatic heterocycles. The van der Waals surface area contributed by atoms with Gasteiger partial charge in [-0.1, -0.05) is 99.6 Å². The van der Waals surface area contributed by atoms with E-state index in [9.17, 15) is 15.3 Å².